The summed E-state index contributed by atoms with van der Waals surface area (Å²) in [6.45, 7) is 9.99. The molecule has 1 heterocycles. The number of carbonyl (C=O) groups is 1. The van der Waals surface area contributed by atoms with E-state index in [0.29, 0.717) is 12.5 Å². The third-order valence-electron chi connectivity index (χ3n) is 5.28. The second-order valence-electron chi connectivity index (χ2n) is 6.80. The van der Waals surface area contributed by atoms with E-state index in [4.69, 9.17) is 5.73 Å². The molecule has 4 heteroatoms. The zero-order valence-electron chi connectivity index (χ0n) is 13.2. The Kier molecular flexibility index (Phi) is 5.44. The monoisotopic (exact) mass is 281 g/mol. The second-order valence-corrected chi connectivity index (χ2v) is 6.80. The Bertz CT molecular complexity index is 316. The summed E-state index contributed by atoms with van der Waals surface area (Å²) >= 11 is 0. The Hall–Kier alpha value is -0.610. The topological polar surface area (TPSA) is 49.6 Å². The number of nitrogens with two attached hydrogens (primary N) is 1. The summed E-state index contributed by atoms with van der Waals surface area (Å²) < 4.78 is 0. The normalized spacial score (nSPS) is 32.4. The Labute approximate surface area is 123 Å². The van der Waals surface area contributed by atoms with Crippen molar-refractivity contribution >= 4 is 5.91 Å². The van der Waals surface area contributed by atoms with Crippen LogP contribution in [-0.2, 0) is 4.79 Å². The van der Waals surface area contributed by atoms with Crippen LogP contribution in [0.2, 0.25) is 0 Å². The fourth-order valence-electron chi connectivity index (χ4n) is 3.65. The van der Waals surface area contributed by atoms with Gasteiger partial charge in [-0.15, -0.1) is 0 Å². The van der Waals surface area contributed by atoms with Crippen molar-refractivity contribution in [1.29, 1.82) is 0 Å². The molecular formula is C16H31N3O. The molecule has 116 valence electrons. The van der Waals surface area contributed by atoms with Crippen molar-refractivity contribution in [3.05, 3.63) is 0 Å². The van der Waals surface area contributed by atoms with Gasteiger partial charge in [0.1, 0.15) is 0 Å². The van der Waals surface area contributed by atoms with Crippen LogP contribution in [0.25, 0.3) is 0 Å². The minimum atomic E-state index is -0.251. The molecule has 1 saturated carbocycles. The van der Waals surface area contributed by atoms with Gasteiger partial charge in [-0.1, -0.05) is 13.8 Å². The van der Waals surface area contributed by atoms with Crippen molar-refractivity contribution in [2.75, 3.05) is 39.3 Å². The van der Waals surface area contributed by atoms with Gasteiger partial charge in [0, 0.05) is 32.7 Å². The first kappa shape index (κ1) is 15.8. The van der Waals surface area contributed by atoms with Crippen LogP contribution in [0.3, 0.4) is 0 Å². The van der Waals surface area contributed by atoms with Crippen molar-refractivity contribution in [3.8, 4) is 0 Å². The van der Waals surface area contributed by atoms with Crippen LogP contribution in [0.15, 0.2) is 0 Å². The van der Waals surface area contributed by atoms with Crippen molar-refractivity contribution in [2.45, 2.75) is 46.0 Å². The van der Waals surface area contributed by atoms with Gasteiger partial charge in [-0.2, -0.15) is 0 Å². The first-order chi connectivity index (χ1) is 9.61. The van der Waals surface area contributed by atoms with E-state index >= 15 is 0 Å². The van der Waals surface area contributed by atoms with Gasteiger partial charge >= 0.3 is 0 Å². The summed E-state index contributed by atoms with van der Waals surface area (Å²) in [5.41, 5.74) is 5.76. The van der Waals surface area contributed by atoms with Gasteiger partial charge in [0.05, 0.1) is 5.41 Å². The number of hydrogen-bond acceptors (Lipinski definition) is 3. The maximum Gasteiger partial charge on any atom is 0.230 e. The highest BCUT2D eigenvalue weighted by molar-refractivity contribution is 5.83. The molecule has 2 aliphatic rings. The lowest BCUT2D eigenvalue weighted by molar-refractivity contribution is -0.146. The van der Waals surface area contributed by atoms with E-state index in [1.807, 2.05) is 0 Å². The van der Waals surface area contributed by atoms with Crippen molar-refractivity contribution < 1.29 is 4.79 Å². The summed E-state index contributed by atoms with van der Waals surface area (Å²) in [7, 11) is 0. The SMILES string of the molecule is CCCN1CCN(C(=O)C2(CN)CCC(C)CC2)CC1. The van der Waals surface area contributed by atoms with Gasteiger partial charge < -0.3 is 10.6 Å². The van der Waals surface area contributed by atoms with Crippen LogP contribution in [0, 0.1) is 11.3 Å². The zero-order chi connectivity index (χ0) is 14.6. The molecule has 0 atom stereocenters. The van der Waals surface area contributed by atoms with Crippen LogP contribution in [0.4, 0.5) is 0 Å². The Morgan fingerprint density at radius 1 is 1.20 bits per heavy atom. The van der Waals surface area contributed by atoms with Crippen LogP contribution >= 0.6 is 0 Å². The van der Waals surface area contributed by atoms with E-state index in [1.54, 1.807) is 0 Å². The van der Waals surface area contributed by atoms with Crippen LogP contribution in [0.5, 0.6) is 0 Å². The molecule has 0 bridgehead atoms. The minimum Gasteiger partial charge on any atom is -0.340 e. The number of nitrogens with zero attached hydrogens (tertiary/aromatic N) is 2. The standard InChI is InChI=1S/C16H31N3O/c1-3-8-18-9-11-19(12-10-18)15(20)16(13-17)6-4-14(2)5-7-16/h14H,3-13,17H2,1-2H3. The van der Waals surface area contributed by atoms with Gasteiger partial charge in [-0.25, -0.2) is 0 Å². The van der Waals surface area contributed by atoms with Gasteiger partial charge in [0.25, 0.3) is 0 Å². The average molecular weight is 281 g/mol. The lowest BCUT2D eigenvalue weighted by atomic mass is 9.70. The maximum atomic E-state index is 12.9. The van der Waals surface area contributed by atoms with E-state index in [-0.39, 0.29) is 5.41 Å². The first-order valence-corrected chi connectivity index (χ1v) is 8.33. The quantitative estimate of drug-likeness (QED) is 0.853. The van der Waals surface area contributed by atoms with E-state index in [2.05, 4.69) is 23.6 Å². The number of hydrogen-bond donors (Lipinski definition) is 1. The molecule has 0 unspecified atom stereocenters. The fourth-order valence-corrected chi connectivity index (χ4v) is 3.65. The lowest BCUT2D eigenvalue weighted by Gasteiger charge is -2.43. The highest BCUT2D eigenvalue weighted by atomic mass is 16.2. The summed E-state index contributed by atoms with van der Waals surface area (Å²) in [4.78, 5) is 17.4. The van der Waals surface area contributed by atoms with Crippen molar-refractivity contribution in [1.82, 2.24) is 9.80 Å². The van der Waals surface area contributed by atoms with E-state index < -0.39 is 0 Å². The summed E-state index contributed by atoms with van der Waals surface area (Å²) in [6.07, 6.45) is 5.47. The van der Waals surface area contributed by atoms with E-state index in [1.165, 1.54) is 6.42 Å². The van der Waals surface area contributed by atoms with Crippen molar-refractivity contribution in [2.24, 2.45) is 17.1 Å². The number of carbonyl (C=O) groups excluding carboxylic acids is 1. The van der Waals surface area contributed by atoms with Gasteiger partial charge in [0.15, 0.2) is 0 Å². The lowest BCUT2D eigenvalue weighted by Crippen LogP contribution is -2.55. The second kappa shape index (κ2) is 6.90. The highest BCUT2D eigenvalue weighted by Crippen LogP contribution is 2.39. The van der Waals surface area contributed by atoms with Gasteiger partial charge in [0.2, 0.25) is 5.91 Å². The first-order valence-electron chi connectivity index (χ1n) is 8.33. The van der Waals surface area contributed by atoms with Gasteiger partial charge in [-0.05, 0) is 44.6 Å². The Balaban J connectivity index is 1.93. The molecule has 0 aromatic rings. The molecule has 0 aromatic carbocycles. The van der Waals surface area contributed by atoms with Crippen LogP contribution < -0.4 is 5.73 Å². The molecule has 0 spiro atoms. The third-order valence-corrected chi connectivity index (χ3v) is 5.28. The third kappa shape index (κ3) is 3.34. The molecule has 1 aliphatic carbocycles. The fraction of sp³-hybridized carbons (Fsp3) is 0.938. The van der Waals surface area contributed by atoms with E-state index in [9.17, 15) is 4.79 Å². The molecule has 2 fully saturated rings. The summed E-state index contributed by atoms with van der Waals surface area (Å²) in [5.74, 6) is 1.09. The van der Waals surface area contributed by atoms with Crippen LogP contribution in [-0.4, -0.2) is 55.0 Å². The molecular weight excluding hydrogens is 250 g/mol. The average Bonchev–Trinajstić information content (AvgIpc) is 2.49. The minimum absolute atomic E-state index is 0.251. The molecule has 0 aromatic heterocycles. The smallest absolute Gasteiger partial charge is 0.230 e. The maximum absolute atomic E-state index is 12.9. The number of amides is 1. The molecule has 2 N–H and O–H groups in total. The summed E-state index contributed by atoms with van der Waals surface area (Å²) in [6, 6.07) is 0. The van der Waals surface area contributed by atoms with Gasteiger partial charge in [-0.3, -0.25) is 9.69 Å². The molecule has 20 heavy (non-hydrogen) atoms. The Morgan fingerprint density at radius 3 is 2.30 bits per heavy atom. The largest absolute Gasteiger partial charge is 0.340 e. The van der Waals surface area contributed by atoms with Crippen LogP contribution in [0.1, 0.15) is 46.0 Å². The highest BCUT2D eigenvalue weighted by Gasteiger charge is 2.42. The molecule has 0 radical (unpaired) electrons. The molecule has 2 rings (SSSR count). The molecule has 1 saturated heterocycles. The zero-order valence-corrected chi connectivity index (χ0v) is 13.2. The number of rotatable bonds is 4. The Morgan fingerprint density at radius 2 is 1.80 bits per heavy atom. The molecule has 1 aliphatic heterocycles. The van der Waals surface area contributed by atoms with E-state index in [0.717, 1.165) is 64.3 Å². The molecule has 4 nitrogen and oxygen atoms in total. The predicted octanol–water partition coefficient (Wildman–Crippen LogP) is 1.70. The number of piperazine rings is 1. The molecule has 1 amide bonds. The van der Waals surface area contributed by atoms with Crippen molar-refractivity contribution in [3.63, 3.8) is 0 Å². The predicted molar refractivity (Wildman–Crippen MR) is 82.4 cm³/mol. The summed E-state index contributed by atoms with van der Waals surface area (Å²) in [5, 5.41) is 0.